The minimum Gasteiger partial charge on any atom is -0.454 e. The lowest BCUT2D eigenvalue weighted by molar-refractivity contribution is -0.113. The minimum absolute atomic E-state index is 0.138. The molecular formula is C20H17ClN4O3S. The number of halogens is 1. The molecule has 1 aliphatic rings. The molecule has 3 aromatic rings. The molecule has 2 N–H and O–H groups in total. The Balaban J connectivity index is 1.24. The normalized spacial score (nSPS) is 11.9. The highest BCUT2D eigenvalue weighted by Gasteiger charge is 2.14. The fourth-order valence-electron chi connectivity index (χ4n) is 2.60. The summed E-state index contributed by atoms with van der Waals surface area (Å²) in [5, 5.41) is 15.7. The molecule has 29 heavy (non-hydrogen) atoms. The van der Waals surface area contributed by atoms with Crippen molar-refractivity contribution in [1.29, 1.82) is 0 Å². The first-order valence-corrected chi connectivity index (χ1v) is 10.2. The van der Waals surface area contributed by atoms with Crippen LogP contribution in [0.2, 0.25) is 5.02 Å². The number of hydrogen-bond donors (Lipinski definition) is 2. The average Bonchev–Trinajstić information content (AvgIpc) is 3.20. The van der Waals surface area contributed by atoms with E-state index in [1.165, 1.54) is 11.8 Å². The van der Waals surface area contributed by atoms with Crippen LogP contribution in [-0.2, 0) is 11.3 Å². The van der Waals surface area contributed by atoms with Crippen LogP contribution in [-0.4, -0.2) is 28.7 Å². The van der Waals surface area contributed by atoms with Gasteiger partial charge in [0.2, 0.25) is 12.7 Å². The van der Waals surface area contributed by atoms with Gasteiger partial charge in [0, 0.05) is 23.3 Å². The Bertz CT molecular complexity index is 1000. The average molecular weight is 429 g/mol. The molecule has 2 heterocycles. The molecule has 0 saturated heterocycles. The zero-order chi connectivity index (χ0) is 20.1. The van der Waals surface area contributed by atoms with Gasteiger partial charge in [-0.3, -0.25) is 4.79 Å². The molecule has 0 bridgehead atoms. The Kier molecular flexibility index (Phi) is 6.02. The van der Waals surface area contributed by atoms with Crippen LogP contribution >= 0.6 is 23.4 Å². The molecule has 9 heteroatoms. The summed E-state index contributed by atoms with van der Waals surface area (Å²) in [4.78, 5) is 12.2. The number of carbonyl (C=O) groups is 1. The number of rotatable bonds is 7. The van der Waals surface area contributed by atoms with E-state index in [1.807, 2.05) is 36.4 Å². The van der Waals surface area contributed by atoms with Crippen molar-refractivity contribution in [2.45, 2.75) is 11.6 Å². The van der Waals surface area contributed by atoms with E-state index < -0.39 is 0 Å². The number of fused-ring (bicyclic) bond motifs is 1. The molecule has 7 nitrogen and oxygen atoms in total. The molecule has 0 spiro atoms. The fraction of sp³-hybridized carbons (Fsp3) is 0.150. The molecular weight excluding hydrogens is 412 g/mol. The third kappa shape index (κ3) is 5.30. The Morgan fingerprint density at radius 3 is 2.66 bits per heavy atom. The highest BCUT2D eigenvalue weighted by atomic mass is 35.5. The van der Waals surface area contributed by atoms with Gasteiger partial charge in [-0.2, -0.15) is 0 Å². The number of amides is 1. The summed E-state index contributed by atoms with van der Waals surface area (Å²) in [6, 6.07) is 16.5. The molecule has 0 aliphatic carbocycles. The molecule has 2 aromatic carbocycles. The molecule has 0 radical (unpaired) electrons. The molecule has 4 rings (SSSR count). The largest absolute Gasteiger partial charge is 0.454 e. The van der Waals surface area contributed by atoms with Crippen LogP contribution in [0, 0.1) is 0 Å². The minimum atomic E-state index is -0.138. The third-order valence-corrected chi connectivity index (χ3v) is 5.21. The van der Waals surface area contributed by atoms with Crippen molar-refractivity contribution in [2.24, 2.45) is 0 Å². The number of ether oxygens (including phenoxy) is 2. The second kappa shape index (κ2) is 9.02. The summed E-state index contributed by atoms with van der Waals surface area (Å²) in [6.07, 6.45) is 0. The molecule has 0 saturated carbocycles. The first kappa shape index (κ1) is 19.4. The molecule has 1 aromatic heterocycles. The topological polar surface area (TPSA) is 85.4 Å². The van der Waals surface area contributed by atoms with Gasteiger partial charge in [0.15, 0.2) is 11.5 Å². The van der Waals surface area contributed by atoms with Crippen LogP contribution in [0.5, 0.6) is 11.5 Å². The van der Waals surface area contributed by atoms with Crippen LogP contribution in [0.3, 0.4) is 0 Å². The van der Waals surface area contributed by atoms with Gasteiger partial charge in [0.25, 0.3) is 0 Å². The molecule has 0 unspecified atom stereocenters. The number of benzene rings is 2. The molecule has 1 aliphatic heterocycles. The molecule has 1 amide bonds. The van der Waals surface area contributed by atoms with Gasteiger partial charge >= 0.3 is 0 Å². The number of nitrogens with zero attached hydrogens (tertiary/aromatic N) is 2. The van der Waals surface area contributed by atoms with Crippen molar-refractivity contribution in [3.63, 3.8) is 0 Å². The quantitative estimate of drug-likeness (QED) is 0.545. The van der Waals surface area contributed by atoms with Crippen LogP contribution in [0.1, 0.15) is 5.56 Å². The number of anilines is 2. The Hall–Kier alpha value is -2.97. The third-order valence-electron chi connectivity index (χ3n) is 4.03. The number of nitrogens with one attached hydrogen (secondary N) is 2. The zero-order valence-electron chi connectivity index (χ0n) is 15.2. The summed E-state index contributed by atoms with van der Waals surface area (Å²) in [5.41, 5.74) is 1.75. The van der Waals surface area contributed by atoms with E-state index in [-0.39, 0.29) is 18.5 Å². The van der Waals surface area contributed by atoms with Crippen LogP contribution in [0.15, 0.2) is 59.6 Å². The highest BCUT2D eigenvalue weighted by molar-refractivity contribution is 7.99. The van der Waals surface area contributed by atoms with Gasteiger partial charge in [-0.1, -0.05) is 35.5 Å². The maximum absolute atomic E-state index is 12.2. The lowest BCUT2D eigenvalue weighted by Crippen LogP contribution is -2.14. The van der Waals surface area contributed by atoms with E-state index >= 15 is 0 Å². The summed E-state index contributed by atoms with van der Waals surface area (Å²) in [7, 11) is 0. The summed E-state index contributed by atoms with van der Waals surface area (Å²) in [5.74, 6) is 2.05. The monoisotopic (exact) mass is 428 g/mol. The van der Waals surface area contributed by atoms with Crippen LogP contribution < -0.4 is 20.1 Å². The smallest absolute Gasteiger partial charge is 0.234 e. The summed E-state index contributed by atoms with van der Waals surface area (Å²) >= 11 is 7.20. The van der Waals surface area contributed by atoms with E-state index in [1.54, 1.807) is 18.2 Å². The standard InChI is InChI=1S/C20H17ClN4O3S/c21-14-3-1-13(2-4-14)10-22-18-7-8-20(25-24-18)29-11-19(26)23-15-5-6-16-17(9-15)28-12-27-16/h1-9H,10-12H2,(H,22,24)(H,23,26). The lowest BCUT2D eigenvalue weighted by atomic mass is 10.2. The van der Waals surface area contributed by atoms with E-state index in [2.05, 4.69) is 20.8 Å². The maximum atomic E-state index is 12.2. The SMILES string of the molecule is O=C(CSc1ccc(NCc2ccc(Cl)cc2)nn1)Nc1ccc2c(c1)OCO2. The molecule has 0 fully saturated rings. The number of aromatic nitrogens is 2. The number of hydrogen-bond acceptors (Lipinski definition) is 7. The Labute approximate surface area is 176 Å². The van der Waals surface area contributed by atoms with E-state index in [9.17, 15) is 4.79 Å². The molecule has 0 atom stereocenters. The van der Waals surface area contributed by atoms with Crippen molar-refractivity contribution in [3.8, 4) is 11.5 Å². The summed E-state index contributed by atoms with van der Waals surface area (Å²) < 4.78 is 10.6. The van der Waals surface area contributed by atoms with E-state index in [0.29, 0.717) is 39.6 Å². The van der Waals surface area contributed by atoms with E-state index in [0.717, 1.165) is 5.56 Å². The van der Waals surface area contributed by atoms with Crippen LogP contribution in [0.4, 0.5) is 11.5 Å². The van der Waals surface area contributed by atoms with Gasteiger partial charge in [0.1, 0.15) is 10.8 Å². The van der Waals surface area contributed by atoms with Crippen molar-refractivity contribution in [2.75, 3.05) is 23.2 Å². The lowest BCUT2D eigenvalue weighted by Gasteiger charge is -2.07. The predicted molar refractivity (Wildman–Crippen MR) is 113 cm³/mol. The van der Waals surface area contributed by atoms with Gasteiger partial charge < -0.3 is 20.1 Å². The van der Waals surface area contributed by atoms with Gasteiger partial charge in [-0.05, 0) is 42.0 Å². The fourth-order valence-corrected chi connectivity index (χ4v) is 3.34. The predicted octanol–water partition coefficient (Wildman–Crippen LogP) is 4.20. The van der Waals surface area contributed by atoms with Crippen molar-refractivity contribution in [3.05, 3.63) is 65.2 Å². The number of carbonyl (C=O) groups excluding carboxylic acids is 1. The second-order valence-corrected chi connectivity index (χ2v) is 7.57. The van der Waals surface area contributed by atoms with Crippen molar-refractivity contribution >= 4 is 40.8 Å². The van der Waals surface area contributed by atoms with Crippen LogP contribution in [0.25, 0.3) is 0 Å². The van der Waals surface area contributed by atoms with E-state index in [4.69, 9.17) is 21.1 Å². The Morgan fingerprint density at radius 2 is 1.86 bits per heavy atom. The maximum Gasteiger partial charge on any atom is 0.234 e. The molecule has 148 valence electrons. The first-order valence-electron chi connectivity index (χ1n) is 8.80. The van der Waals surface area contributed by atoms with Gasteiger partial charge in [-0.15, -0.1) is 10.2 Å². The summed E-state index contributed by atoms with van der Waals surface area (Å²) in [6.45, 7) is 0.822. The highest BCUT2D eigenvalue weighted by Crippen LogP contribution is 2.34. The first-order chi connectivity index (χ1) is 14.2. The van der Waals surface area contributed by atoms with Crippen molar-refractivity contribution in [1.82, 2.24) is 10.2 Å². The second-order valence-electron chi connectivity index (χ2n) is 6.14. The van der Waals surface area contributed by atoms with Gasteiger partial charge in [-0.25, -0.2) is 0 Å². The zero-order valence-corrected chi connectivity index (χ0v) is 16.8. The van der Waals surface area contributed by atoms with Crippen molar-refractivity contribution < 1.29 is 14.3 Å². The number of thioether (sulfide) groups is 1. The Morgan fingerprint density at radius 1 is 1.03 bits per heavy atom. The van der Waals surface area contributed by atoms with Gasteiger partial charge in [0.05, 0.1) is 5.75 Å².